The molecule has 0 atom stereocenters. The molecule has 78 valence electrons. The van der Waals surface area contributed by atoms with E-state index in [1.165, 1.54) is 6.08 Å². The van der Waals surface area contributed by atoms with Crippen molar-refractivity contribution in [2.24, 2.45) is 5.92 Å². The summed E-state index contributed by atoms with van der Waals surface area (Å²) in [5.41, 5.74) is 0. The van der Waals surface area contributed by atoms with Crippen molar-refractivity contribution in [3.8, 4) is 0 Å². The molecule has 1 saturated carbocycles. The van der Waals surface area contributed by atoms with E-state index in [4.69, 9.17) is 5.11 Å². The molecule has 0 bridgehead atoms. The molecule has 0 saturated heterocycles. The predicted molar refractivity (Wildman–Crippen MR) is 51.7 cm³/mol. The van der Waals surface area contributed by atoms with Crippen molar-refractivity contribution in [3.05, 3.63) is 12.7 Å². The van der Waals surface area contributed by atoms with Crippen LogP contribution in [0, 0.1) is 5.92 Å². The Morgan fingerprint density at radius 2 is 1.86 bits per heavy atom. The lowest BCUT2D eigenvalue weighted by atomic mass is 9.86. The Balaban J connectivity index is 2.32. The minimum Gasteiger partial charge on any atom is -0.481 e. The van der Waals surface area contributed by atoms with Gasteiger partial charge in [-0.05, 0) is 31.8 Å². The van der Waals surface area contributed by atoms with Crippen LogP contribution in [-0.4, -0.2) is 23.0 Å². The Kier molecular flexibility index (Phi) is 3.68. The summed E-state index contributed by atoms with van der Waals surface area (Å²) in [4.78, 5) is 21.6. The molecule has 0 unspecified atom stereocenters. The SMILES string of the molecule is C=CC(=O)N[C@H]1CC[C@@H](C(=O)O)CC1. The summed E-state index contributed by atoms with van der Waals surface area (Å²) in [7, 11) is 0. The number of aliphatic carboxylic acids is 1. The number of carbonyl (C=O) groups excluding carboxylic acids is 1. The summed E-state index contributed by atoms with van der Waals surface area (Å²) in [6, 6.07) is 0.121. The molecular weight excluding hydrogens is 182 g/mol. The lowest BCUT2D eigenvalue weighted by Gasteiger charge is -2.26. The Labute approximate surface area is 83.0 Å². The molecule has 0 spiro atoms. The van der Waals surface area contributed by atoms with Crippen LogP contribution in [0.3, 0.4) is 0 Å². The molecule has 1 aliphatic rings. The number of hydrogen-bond acceptors (Lipinski definition) is 2. The molecule has 1 aliphatic carbocycles. The van der Waals surface area contributed by atoms with E-state index in [1.54, 1.807) is 0 Å². The van der Waals surface area contributed by atoms with E-state index in [-0.39, 0.29) is 17.9 Å². The standard InChI is InChI=1S/C10H15NO3/c1-2-9(12)11-8-5-3-7(4-6-8)10(13)14/h2,7-8H,1,3-6H2,(H,11,12)(H,13,14)/t7-,8+. The molecule has 2 N–H and O–H groups in total. The Bertz CT molecular complexity index is 242. The highest BCUT2D eigenvalue weighted by Gasteiger charge is 2.26. The first-order valence-corrected chi connectivity index (χ1v) is 4.79. The fraction of sp³-hybridized carbons (Fsp3) is 0.600. The number of nitrogens with one attached hydrogen (secondary N) is 1. The number of rotatable bonds is 3. The summed E-state index contributed by atoms with van der Waals surface area (Å²) < 4.78 is 0. The highest BCUT2D eigenvalue weighted by molar-refractivity contribution is 5.87. The van der Waals surface area contributed by atoms with Crippen molar-refractivity contribution in [1.29, 1.82) is 0 Å². The topological polar surface area (TPSA) is 66.4 Å². The van der Waals surface area contributed by atoms with Gasteiger partial charge in [-0.1, -0.05) is 6.58 Å². The molecular formula is C10H15NO3. The maximum atomic E-state index is 10.9. The molecule has 0 radical (unpaired) electrons. The first-order valence-electron chi connectivity index (χ1n) is 4.79. The minimum atomic E-state index is -0.724. The number of hydrogen-bond donors (Lipinski definition) is 2. The van der Waals surface area contributed by atoms with Crippen LogP contribution in [0.15, 0.2) is 12.7 Å². The van der Waals surface area contributed by atoms with Gasteiger partial charge in [0.15, 0.2) is 0 Å². The molecule has 1 rings (SSSR count). The number of carbonyl (C=O) groups is 2. The van der Waals surface area contributed by atoms with E-state index in [1.807, 2.05) is 0 Å². The van der Waals surface area contributed by atoms with Crippen LogP contribution in [0.1, 0.15) is 25.7 Å². The van der Waals surface area contributed by atoms with Gasteiger partial charge in [0, 0.05) is 6.04 Å². The van der Waals surface area contributed by atoms with Crippen molar-refractivity contribution >= 4 is 11.9 Å². The minimum absolute atomic E-state index is 0.121. The predicted octanol–water partition coefficient (Wildman–Crippen LogP) is 0.932. The van der Waals surface area contributed by atoms with Crippen molar-refractivity contribution in [3.63, 3.8) is 0 Å². The lowest BCUT2D eigenvalue weighted by Crippen LogP contribution is -2.37. The summed E-state index contributed by atoms with van der Waals surface area (Å²) in [6.45, 7) is 3.36. The lowest BCUT2D eigenvalue weighted by molar-refractivity contribution is -0.142. The zero-order chi connectivity index (χ0) is 10.6. The van der Waals surface area contributed by atoms with Crippen LogP contribution in [0.2, 0.25) is 0 Å². The third-order valence-electron chi connectivity index (χ3n) is 2.61. The van der Waals surface area contributed by atoms with Crippen LogP contribution in [-0.2, 0) is 9.59 Å². The number of carboxylic acid groups (broad SMARTS) is 1. The van der Waals surface area contributed by atoms with Gasteiger partial charge in [-0.25, -0.2) is 0 Å². The van der Waals surface area contributed by atoms with Gasteiger partial charge in [-0.2, -0.15) is 0 Å². The summed E-state index contributed by atoms with van der Waals surface area (Å²) in [5.74, 6) is -1.13. The molecule has 1 fully saturated rings. The van der Waals surface area contributed by atoms with E-state index in [0.717, 1.165) is 12.8 Å². The summed E-state index contributed by atoms with van der Waals surface area (Å²) in [5, 5.41) is 11.5. The molecule has 0 aromatic rings. The Hall–Kier alpha value is -1.32. The molecule has 0 aliphatic heterocycles. The van der Waals surface area contributed by atoms with E-state index < -0.39 is 5.97 Å². The van der Waals surface area contributed by atoms with Crippen LogP contribution in [0.5, 0.6) is 0 Å². The monoisotopic (exact) mass is 197 g/mol. The number of amides is 1. The Morgan fingerprint density at radius 3 is 2.29 bits per heavy atom. The van der Waals surface area contributed by atoms with Crippen molar-refractivity contribution < 1.29 is 14.7 Å². The Morgan fingerprint density at radius 1 is 1.29 bits per heavy atom. The van der Waals surface area contributed by atoms with Gasteiger partial charge in [0.25, 0.3) is 0 Å². The highest BCUT2D eigenvalue weighted by Crippen LogP contribution is 2.24. The quantitative estimate of drug-likeness (QED) is 0.661. The van der Waals surface area contributed by atoms with E-state index in [2.05, 4.69) is 11.9 Å². The second-order valence-electron chi connectivity index (χ2n) is 3.60. The average Bonchev–Trinajstić information content (AvgIpc) is 2.18. The highest BCUT2D eigenvalue weighted by atomic mass is 16.4. The molecule has 14 heavy (non-hydrogen) atoms. The van der Waals surface area contributed by atoms with Crippen molar-refractivity contribution in [1.82, 2.24) is 5.32 Å². The molecule has 0 aromatic carbocycles. The van der Waals surface area contributed by atoms with Gasteiger partial charge in [-0.15, -0.1) is 0 Å². The first-order chi connectivity index (χ1) is 6.63. The van der Waals surface area contributed by atoms with Crippen molar-refractivity contribution in [2.75, 3.05) is 0 Å². The van der Waals surface area contributed by atoms with Crippen LogP contribution >= 0.6 is 0 Å². The third-order valence-corrected chi connectivity index (χ3v) is 2.61. The van der Waals surface area contributed by atoms with Crippen molar-refractivity contribution in [2.45, 2.75) is 31.7 Å². The normalized spacial score (nSPS) is 26.6. The molecule has 0 aromatic heterocycles. The van der Waals surface area contributed by atoms with E-state index in [0.29, 0.717) is 12.8 Å². The summed E-state index contributed by atoms with van der Waals surface area (Å²) >= 11 is 0. The largest absolute Gasteiger partial charge is 0.481 e. The third kappa shape index (κ3) is 2.87. The number of carboxylic acids is 1. The van der Waals surface area contributed by atoms with Gasteiger partial charge in [-0.3, -0.25) is 9.59 Å². The maximum Gasteiger partial charge on any atom is 0.306 e. The summed E-state index contributed by atoms with van der Waals surface area (Å²) in [6.07, 6.45) is 4.03. The molecule has 4 heteroatoms. The van der Waals surface area contributed by atoms with Gasteiger partial charge >= 0.3 is 5.97 Å². The zero-order valence-electron chi connectivity index (χ0n) is 8.03. The molecule has 4 nitrogen and oxygen atoms in total. The van der Waals surface area contributed by atoms with Crippen LogP contribution in [0.25, 0.3) is 0 Å². The molecule has 1 amide bonds. The van der Waals surface area contributed by atoms with E-state index in [9.17, 15) is 9.59 Å². The first kappa shape index (κ1) is 10.8. The van der Waals surface area contributed by atoms with E-state index >= 15 is 0 Å². The van der Waals surface area contributed by atoms with Gasteiger partial charge in [0.05, 0.1) is 5.92 Å². The average molecular weight is 197 g/mol. The maximum absolute atomic E-state index is 10.9. The fourth-order valence-electron chi connectivity index (χ4n) is 1.74. The molecule has 0 heterocycles. The smallest absolute Gasteiger partial charge is 0.306 e. The van der Waals surface area contributed by atoms with Gasteiger partial charge in [0.2, 0.25) is 5.91 Å². The van der Waals surface area contributed by atoms with Crippen LogP contribution in [0.4, 0.5) is 0 Å². The van der Waals surface area contributed by atoms with Gasteiger partial charge in [0.1, 0.15) is 0 Å². The second-order valence-corrected chi connectivity index (χ2v) is 3.60. The van der Waals surface area contributed by atoms with Gasteiger partial charge < -0.3 is 10.4 Å². The zero-order valence-corrected chi connectivity index (χ0v) is 8.03. The van der Waals surface area contributed by atoms with Crippen LogP contribution < -0.4 is 5.32 Å². The fourth-order valence-corrected chi connectivity index (χ4v) is 1.74. The second kappa shape index (κ2) is 4.79.